The minimum absolute atomic E-state index is 0.141. The van der Waals surface area contributed by atoms with E-state index >= 15 is 0 Å². The van der Waals surface area contributed by atoms with Gasteiger partial charge in [-0.1, -0.05) is 11.6 Å². The molecule has 0 saturated carbocycles. The van der Waals surface area contributed by atoms with Gasteiger partial charge in [-0.2, -0.15) is 0 Å². The van der Waals surface area contributed by atoms with E-state index in [1.807, 2.05) is 0 Å². The lowest BCUT2D eigenvalue weighted by Crippen LogP contribution is -2.43. The second-order valence-electron chi connectivity index (χ2n) is 4.06. The Morgan fingerprint density at radius 3 is 3.24 bits per heavy atom. The third kappa shape index (κ3) is 3.18. The Hall–Kier alpha value is -1.11. The van der Waals surface area contributed by atoms with Crippen LogP contribution in [0.15, 0.2) is 6.33 Å². The van der Waals surface area contributed by atoms with Crippen molar-refractivity contribution in [2.75, 3.05) is 44.3 Å². The van der Waals surface area contributed by atoms with Gasteiger partial charge in [0.25, 0.3) is 0 Å². The lowest BCUT2D eigenvalue weighted by molar-refractivity contribution is -0.0117. The Bertz CT molecular complexity index is 389. The van der Waals surface area contributed by atoms with Crippen molar-refractivity contribution in [2.24, 2.45) is 0 Å². The fourth-order valence-electron chi connectivity index (χ4n) is 1.72. The molecule has 1 atom stereocenters. The number of rotatable bonds is 3. The summed E-state index contributed by atoms with van der Waals surface area (Å²) in [6.45, 7) is 3.27. The number of anilines is 2. The molecule has 1 aliphatic rings. The first-order chi connectivity index (χ1) is 8.16. The highest BCUT2D eigenvalue weighted by atomic mass is 35.5. The van der Waals surface area contributed by atoms with E-state index in [0.29, 0.717) is 18.1 Å². The highest BCUT2D eigenvalue weighted by Gasteiger charge is 2.18. The molecule has 6 nitrogen and oxygen atoms in total. The van der Waals surface area contributed by atoms with Crippen LogP contribution >= 0.6 is 11.6 Å². The zero-order valence-electron chi connectivity index (χ0n) is 9.69. The first kappa shape index (κ1) is 12.3. The predicted octanol–water partition coefficient (Wildman–Crippen LogP) is 0.455. The molecule has 3 N–H and O–H groups in total. The van der Waals surface area contributed by atoms with Gasteiger partial charge in [0.1, 0.15) is 12.0 Å². The summed E-state index contributed by atoms with van der Waals surface area (Å²) >= 11 is 5.80. The number of nitrogens with one attached hydrogen (secondary N) is 1. The zero-order valence-corrected chi connectivity index (χ0v) is 10.4. The summed E-state index contributed by atoms with van der Waals surface area (Å²) in [5, 5.41) is 3.40. The van der Waals surface area contributed by atoms with Gasteiger partial charge in [-0.3, -0.25) is 0 Å². The summed E-state index contributed by atoms with van der Waals surface area (Å²) in [5.41, 5.74) is 6.13. The van der Waals surface area contributed by atoms with Gasteiger partial charge >= 0.3 is 0 Å². The first-order valence-corrected chi connectivity index (χ1v) is 5.84. The van der Waals surface area contributed by atoms with Crippen molar-refractivity contribution < 1.29 is 4.74 Å². The first-order valence-electron chi connectivity index (χ1n) is 5.47. The number of hydrogen-bond donors (Lipinski definition) is 2. The molecule has 7 heteroatoms. The molecule has 2 heterocycles. The number of hydrogen-bond acceptors (Lipinski definition) is 6. The molecular formula is C10H16ClN5O. The molecule has 0 amide bonds. The molecular weight excluding hydrogens is 242 g/mol. The topological polar surface area (TPSA) is 76.3 Å². The van der Waals surface area contributed by atoms with Crippen LogP contribution in [0.3, 0.4) is 0 Å². The Labute approximate surface area is 105 Å². The fraction of sp³-hybridized carbons (Fsp3) is 0.600. The summed E-state index contributed by atoms with van der Waals surface area (Å²) in [7, 11) is 2.07. The Kier molecular flexibility index (Phi) is 3.98. The lowest BCUT2D eigenvalue weighted by atomic mass is 10.3. The zero-order chi connectivity index (χ0) is 12.3. The quantitative estimate of drug-likeness (QED) is 0.766. The molecule has 0 bridgehead atoms. The third-order valence-corrected chi connectivity index (χ3v) is 2.98. The number of nitrogen functional groups attached to an aromatic ring is 1. The van der Waals surface area contributed by atoms with Gasteiger partial charge in [0.05, 0.1) is 12.7 Å². The number of nitrogens with zero attached hydrogens (tertiary/aromatic N) is 3. The average Bonchev–Trinajstić information content (AvgIpc) is 2.31. The molecule has 1 aromatic rings. The van der Waals surface area contributed by atoms with Crippen LogP contribution in [0.2, 0.25) is 5.15 Å². The van der Waals surface area contributed by atoms with Crippen molar-refractivity contribution in [1.82, 2.24) is 14.9 Å². The van der Waals surface area contributed by atoms with Crippen LogP contribution in [0.1, 0.15) is 0 Å². The summed E-state index contributed by atoms with van der Waals surface area (Å²) in [6, 6.07) is 0. The molecule has 1 fully saturated rings. The molecule has 94 valence electrons. The van der Waals surface area contributed by atoms with E-state index in [2.05, 4.69) is 27.2 Å². The monoisotopic (exact) mass is 257 g/mol. The molecule has 0 radical (unpaired) electrons. The second kappa shape index (κ2) is 5.48. The predicted molar refractivity (Wildman–Crippen MR) is 67.2 cm³/mol. The molecule has 2 rings (SSSR count). The van der Waals surface area contributed by atoms with Crippen molar-refractivity contribution in [3.05, 3.63) is 11.5 Å². The van der Waals surface area contributed by atoms with Crippen molar-refractivity contribution in [2.45, 2.75) is 6.10 Å². The Morgan fingerprint density at radius 1 is 1.65 bits per heavy atom. The highest BCUT2D eigenvalue weighted by molar-refractivity contribution is 6.32. The molecule has 17 heavy (non-hydrogen) atoms. The van der Waals surface area contributed by atoms with E-state index in [4.69, 9.17) is 22.1 Å². The van der Waals surface area contributed by atoms with Crippen molar-refractivity contribution >= 4 is 23.1 Å². The number of nitrogens with two attached hydrogens (primary N) is 1. The largest absolute Gasteiger partial charge is 0.393 e. The van der Waals surface area contributed by atoms with Gasteiger partial charge in [-0.25, -0.2) is 9.97 Å². The molecule has 0 aliphatic carbocycles. The van der Waals surface area contributed by atoms with E-state index in [1.165, 1.54) is 6.33 Å². The molecule has 1 aromatic heterocycles. The van der Waals surface area contributed by atoms with Crippen LogP contribution in [0, 0.1) is 0 Å². The van der Waals surface area contributed by atoms with E-state index in [-0.39, 0.29) is 11.3 Å². The maximum Gasteiger partial charge on any atom is 0.157 e. The Balaban J connectivity index is 1.91. The normalized spacial score (nSPS) is 21.4. The summed E-state index contributed by atoms with van der Waals surface area (Å²) < 4.78 is 5.62. The minimum Gasteiger partial charge on any atom is -0.393 e. The lowest BCUT2D eigenvalue weighted by Gasteiger charge is -2.30. The standard InChI is InChI=1S/C10H16ClN5O/c1-16-2-3-17-7(5-16)4-13-10-8(12)9(11)14-6-15-10/h6-7H,2-5,12H2,1H3,(H,13,14,15). The molecule has 1 unspecified atom stereocenters. The van der Waals surface area contributed by atoms with Crippen LogP contribution in [-0.2, 0) is 4.74 Å². The van der Waals surface area contributed by atoms with Crippen LogP contribution in [0.4, 0.5) is 11.5 Å². The van der Waals surface area contributed by atoms with E-state index in [0.717, 1.165) is 19.7 Å². The SMILES string of the molecule is CN1CCOC(CNc2ncnc(Cl)c2N)C1. The molecule has 1 saturated heterocycles. The number of aromatic nitrogens is 2. The summed E-state index contributed by atoms with van der Waals surface area (Å²) in [5.74, 6) is 0.557. The second-order valence-corrected chi connectivity index (χ2v) is 4.42. The number of morpholine rings is 1. The fourth-order valence-corrected chi connectivity index (χ4v) is 1.85. The van der Waals surface area contributed by atoms with Gasteiger partial charge in [-0.15, -0.1) is 0 Å². The summed E-state index contributed by atoms with van der Waals surface area (Å²) in [6.07, 6.45) is 1.52. The summed E-state index contributed by atoms with van der Waals surface area (Å²) in [4.78, 5) is 10.1. The highest BCUT2D eigenvalue weighted by Crippen LogP contribution is 2.21. The molecule has 0 aromatic carbocycles. The van der Waals surface area contributed by atoms with Gasteiger partial charge in [-0.05, 0) is 7.05 Å². The van der Waals surface area contributed by atoms with Gasteiger partial charge in [0, 0.05) is 19.6 Å². The number of likely N-dealkylation sites (N-methyl/N-ethyl adjacent to an activating group) is 1. The van der Waals surface area contributed by atoms with E-state index in [1.54, 1.807) is 0 Å². The van der Waals surface area contributed by atoms with Crippen molar-refractivity contribution in [1.29, 1.82) is 0 Å². The van der Waals surface area contributed by atoms with Crippen molar-refractivity contribution in [3.63, 3.8) is 0 Å². The maximum absolute atomic E-state index is 5.80. The van der Waals surface area contributed by atoms with Crippen molar-refractivity contribution in [3.8, 4) is 0 Å². The van der Waals surface area contributed by atoms with Gasteiger partial charge in [0.15, 0.2) is 11.0 Å². The van der Waals surface area contributed by atoms with E-state index < -0.39 is 0 Å². The number of halogens is 1. The van der Waals surface area contributed by atoms with Crippen LogP contribution < -0.4 is 11.1 Å². The van der Waals surface area contributed by atoms with Gasteiger partial charge < -0.3 is 20.7 Å². The van der Waals surface area contributed by atoms with Crippen LogP contribution in [-0.4, -0.2) is 54.3 Å². The smallest absolute Gasteiger partial charge is 0.157 e. The van der Waals surface area contributed by atoms with Crippen LogP contribution in [0.25, 0.3) is 0 Å². The number of ether oxygens (including phenoxy) is 1. The van der Waals surface area contributed by atoms with Gasteiger partial charge in [0.2, 0.25) is 0 Å². The molecule has 1 aliphatic heterocycles. The maximum atomic E-state index is 5.80. The minimum atomic E-state index is 0.141. The average molecular weight is 258 g/mol. The van der Waals surface area contributed by atoms with E-state index in [9.17, 15) is 0 Å². The van der Waals surface area contributed by atoms with Crippen LogP contribution in [0.5, 0.6) is 0 Å². The Morgan fingerprint density at radius 2 is 2.47 bits per heavy atom. The molecule has 0 spiro atoms. The third-order valence-electron chi connectivity index (χ3n) is 2.67.